The Morgan fingerprint density at radius 2 is 0.515 bits per heavy atom. The van der Waals surface area contributed by atoms with Crippen molar-refractivity contribution in [2.45, 2.75) is 433 Å². The van der Waals surface area contributed by atoms with Gasteiger partial charge in [0.15, 0.2) is 12.2 Å². The molecule has 0 aromatic carbocycles. The van der Waals surface area contributed by atoms with Crippen LogP contribution in [0, 0.1) is 17.8 Å². The van der Waals surface area contributed by atoms with Crippen LogP contribution in [0.2, 0.25) is 0 Å². The van der Waals surface area contributed by atoms with Crippen LogP contribution >= 0.6 is 15.6 Å². The molecule has 0 saturated carbocycles. The molecule has 0 spiro atoms. The molecular weight excluding hydrogens is 1290 g/mol. The second-order valence-electron chi connectivity index (χ2n) is 30.0. The number of rotatable bonds is 78. The molecule has 6 atom stereocenters. The molecule has 588 valence electrons. The first-order chi connectivity index (χ1) is 47.8. The van der Waals surface area contributed by atoms with E-state index in [9.17, 15) is 43.2 Å². The van der Waals surface area contributed by atoms with Crippen molar-refractivity contribution >= 4 is 39.5 Å². The highest BCUT2D eigenvalue weighted by Gasteiger charge is 2.30. The smallest absolute Gasteiger partial charge is 0.462 e. The van der Waals surface area contributed by atoms with E-state index in [2.05, 4.69) is 48.5 Å². The molecule has 0 amide bonds. The molecule has 0 radical (unpaired) electrons. The molecule has 0 aromatic rings. The van der Waals surface area contributed by atoms with Gasteiger partial charge >= 0.3 is 39.5 Å². The summed E-state index contributed by atoms with van der Waals surface area (Å²) in [7, 11) is -9.92. The molecule has 0 aliphatic rings. The number of hydrogen-bond acceptors (Lipinski definition) is 15. The van der Waals surface area contributed by atoms with E-state index in [4.69, 9.17) is 37.0 Å². The van der Waals surface area contributed by atoms with Crippen molar-refractivity contribution in [3.63, 3.8) is 0 Å². The van der Waals surface area contributed by atoms with Gasteiger partial charge in [-0.25, -0.2) is 9.13 Å². The Morgan fingerprint density at radius 3 is 0.768 bits per heavy atom. The number of ether oxygens (including phenoxy) is 4. The van der Waals surface area contributed by atoms with Crippen LogP contribution < -0.4 is 0 Å². The maximum absolute atomic E-state index is 13.1. The van der Waals surface area contributed by atoms with E-state index in [1.807, 2.05) is 0 Å². The number of carbonyl (C=O) groups is 4. The van der Waals surface area contributed by atoms with Gasteiger partial charge in [0.25, 0.3) is 0 Å². The molecule has 0 bridgehead atoms. The van der Waals surface area contributed by atoms with Crippen LogP contribution in [0.5, 0.6) is 0 Å². The molecule has 0 fully saturated rings. The van der Waals surface area contributed by atoms with Crippen LogP contribution in [0.4, 0.5) is 0 Å². The van der Waals surface area contributed by atoms with Crippen molar-refractivity contribution in [2.24, 2.45) is 17.8 Å². The summed E-state index contributed by atoms with van der Waals surface area (Å²) < 4.78 is 68.7. The summed E-state index contributed by atoms with van der Waals surface area (Å²) in [6, 6.07) is 0. The predicted octanol–water partition coefficient (Wildman–Crippen LogP) is 23.7. The average molecular weight is 1450 g/mol. The molecule has 99 heavy (non-hydrogen) atoms. The lowest BCUT2D eigenvalue weighted by Crippen LogP contribution is -2.30. The Labute approximate surface area is 607 Å². The van der Waals surface area contributed by atoms with Crippen LogP contribution in [-0.2, 0) is 65.4 Å². The minimum atomic E-state index is -4.96. The molecule has 3 unspecified atom stereocenters. The summed E-state index contributed by atoms with van der Waals surface area (Å²) in [5, 5.41) is 10.6. The maximum Gasteiger partial charge on any atom is 0.472 e. The lowest BCUT2D eigenvalue weighted by molar-refractivity contribution is -0.161. The fourth-order valence-electron chi connectivity index (χ4n) is 12.3. The third-order valence-corrected chi connectivity index (χ3v) is 20.9. The summed E-state index contributed by atoms with van der Waals surface area (Å²) in [5.74, 6) is 0.219. The van der Waals surface area contributed by atoms with E-state index < -0.39 is 97.5 Å². The Bertz CT molecular complexity index is 1920. The van der Waals surface area contributed by atoms with E-state index in [1.165, 1.54) is 218 Å². The number of aliphatic hydroxyl groups is 1. The first kappa shape index (κ1) is 97.1. The molecule has 0 rings (SSSR count). The van der Waals surface area contributed by atoms with Crippen LogP contribution in [0.3, 0.4) is 0 Å². The van der Waals surface area contributed by atoms with Crippen molar-refractivity contribution in [1.29, 1.82) is 0 Å². The second kappa shape index (κ2) is 70.4. The standard InChI is InChI=1S/C80H156O17P2/c1-8-10-11-12-13-14-15-16-24-30-35-40-49-56-63-80(85)97-76(68-91-78(83)62-55-48-43-42-46-53-60-73(7)9-2)70-95-99(88,89)93-66-74(81)65-92-98(86,87)94-69-75(67-90-77(82)61-54-47-39-34-29-26-21-23-28-33-38-45-52-59-72(5)6)96-79(84)64-57-50-41-36-31-25-20-18-17-19-22-27-32-37-44-51-58-71(3)4/h71-76,81H,8-70H2,1-7H3,(H,86,87)(H,88,89)/t73?,74-,75-,76-/m1/s1. The van der Waals surface area contributed by atoms with Crippen molar-refractivity contribution in [2.75, 3.05) is 39.6 Å². The van der Waals surface area contributed by atoms with Gasteiger partial charge in [-0.2, -0.15) is 0 Å². The van der Waals surface area contributed by atoms with Crippen LogP contribution in [0.15, 0.2) is 0 Å². The fourth-order valence-corrected chi connectivity index (χ4v) is 13.9. The third kappa shape index (κ3) is 72.8. The van der Waals surface area contributed by atoms with Crippen LogP contribution in [-0.4, -0.2) is 96.7 Å². The zero-order valence-corrected chi connectivity index (χ0v) is 66.8. The topological polar surface area (TPSA) is 237 Å². The molecule has 0 aliphatic carbocycles. The molecule has 0 aliphatic heterocycles. The summed E-state index contributed by atoms with van der Waals surface area (Å²) in [4.78, 5) is 73.0. The number of esters is 4. The highest BCUT2D eigenvalue weighted by molar-refractivity contribution is 7.47. The van der Waals surface area contributed by atoms with Crippen molar-refractivity contribution < 1.29 is 80.2 Å². The van der Waals surface area contributed by atoms with Gasteiger partial charge in [-0.1, -0.05) is 363 Å². The molecule has 3 N–H and O–H groups in total. The lowest BCUT2D eigenvalue weighted by Gasteiger charge is -2.21. The molecule has 19 heteroatoms. The minimum Gasteiger partial charge on any atom is -0.462 e. The van der Waals surface area contributed by atoms with Gasteiger partial charge in [0.05, 0.1) is 26.4 Å². The number of unbranched alkanes of at least 4 members (excludes halogenated alkanes) is 45. The van der Waals surface area contributed by atoms with Gasteiger partial charge in [0.1, 0.15) is 19.3 Å². The van der Waals surface area contributed by atoms with Gasteiger partial charge in [-0.15, -0.1) is 0 Å². The zero-order chi connectivity index (χ0) is 73.0. The quantitative estimate of drug-likeness (QED) is 0.0222. The zero-order valence-electron chi connectivity index (χ0n) is 65.0. The van der Waals surface area contributed by atoms with E-state index in [0.717, 1.165) is 114 Å². The van der Waals surface area contributed by atoms with Gasteiger partial charge in [0.2, 0.25) is 0 Å². The Hall–Kier alpha value is -1.94. The normalized spacial score (nSPS) is 14.3. The van der Waals surface area contributed by atoms with Crippen molar-refractivity contribution in [3.05, 3.63) is 0 Å². The molecule has 0 saturated heterocycles. The molecule has 0 aromatic heterocycles. The lowest BCUT2D eigenvalue weighted by atomic mass is 10.00. The van der Waals surface area contributed by atoms with Gasteiger partial charge in [0, 0.05) is 25.7 Å². The number of phosphoric acid groups is 2. The van der Waals surface area contributed by atoms with Gasteiger partial charge < -0.3 is 33.8 Å². The van der Waals surface area contributed by atoms with E-state index in [0.29, 0.717) is 25.7 Å². The Balaban J connectivity index is 5.25. The summed E-state index contributed by atoms with van der Waals surface area (Å²) in [6.45, 7) is 11.9. The monoisotopic (exact) mass is 1450 g/mol. The summed E-state index contributed by atoms with van der Waals surface area (Å²) >= 11 is 0. The van der Waals surface area contributed by atoms with E-state index in [1.54, 1.807) is 0 Å². The van der Waals surface area contributed by atoms with E-state index in [-0.39, 0.29) is 25.7 Å². The third-order valence-electron chi connectivity index (χ3n) is 19.0. The molecule has 0 heterocycles. The fraction of sp³-hybridized carbons (Fsp3) is 0.950. The van der Waals surface area contributed by atoms with Gasteiger partial charge in [-0.05, 0) is 43.4 Å². The van der Waals surface area contributed by atoms with Crippen molar-refractivity contribution in [1.82, 2.24) is 0 Å². The number of aliphatic hydroxyl groups excluding tert-OH is 1. The maximum atomic E-state index is 13.1. The highest BCUT2D eigenvalue weighted by atomic mass is 31.2. The van der Waals surface area contributed by atoms with Crippen LogP contribution in [0.1, 0.15) is 414 Å². The Morgan fingerprint density at radius 1 is 0.293 bits per heavy atom. The van der Waals surface area contributed by atoms with Crippen LogP contribution in [0.25, 0.3) is 0 Å². The summed E-state index contributed by atoms with van der Waals surface area (Å²) in [6.07, 6.45) is 58.2. The van der Waals surface area contributed by atoms with Crippen molar-refractivity contribution in [3.8, 4) is 0 Å². The number of hydrogen-bond donors (Lipinski definition) is 3. The number of carbonyl (C=O) groups excluding carboxylic acids is 4. The van der Waals surface area contributed by atoms with Gasteiger partial charge in [-0.3, -0.25) is 37.3 Å². The largest absolute Gasteiger partial charge is 0.472 e. The number of phosphoric ester groups is 2. The predicted molar refractivity (Wildman–Crippen MR) is 405 cm³/mol. The Kier molecular flexibility index (Phi) is 69.0. The van der Waals surface area contributed by atoms with E-state index >= 15 is 0 Å². The molecular formula is C80H156O17P2. The average Bonchev–Trinajstić information content (AvgIpc) is 1.09. The highest BCUT2D eigenvalue weighted by Crippen LogP contribution is 2.45. The SMILES string of the molecule is CCCCCCCCCCCCCCCCC(=O)O[C@H](COC(=O)CCCCCCCCC(C)CC)COP(=O)(O)OC[C@H](O)COP(=O)(O)OC[C@@H](COC(=O)CCCCCCCCCCCCCCCC(C)C)OC(=O)CCCCCCCCCCCCCCCCCCC(C)C. The first-order valence-electron chi connectivity index (χ1n) is 41.4. The summed E-state index contributed by atoms with van der Waals surface area (Å²) in [5.41, 5.74) is 0. The first-order valence-corrected chi connectivity index (χ1v) is 44.4. The second-order valence-corrected chi connectivity index (χ2v) is 32.9. The minimum absolute atomic E-state index is 0.107. The molecule has 17 nitrogen and oxygen atoms in total.